The number of nitriles is 1. The van der Waals surface area contributed by atoms with Gasteiger partial charge in [-0.25, -0.2) is 0 Å². The Kier molecular flexibility index (Phi) is 5.29. The van der Waals surface area contributed by atoms with Crippen LogP contribution in [0.5, 0.6) is 0 Å². The van der Waals surface area contributed by atoms with E-state index >= 15 is 0 Å². The standard InChI is InChI=1S/C18H19N5O3/c1-26-8-7-20-17(24)16-12-22(11-15-5-6-21-23(15)16)18(25)14-4-2-3-13(9-14)10-19/h2-6,9,16H,7-8,11-12H2,1H3,(H,20,24). The van der Waals surface area contributed by atoms with Crippen LogP contribution in [0.15, 0.2) is 36.5 Å². The van der Waals surface area contributed by atoms with Gasteiger partial charge < -0.3 is 15.0 Å². The Bertz CT molecular complexity index is 855. The van der Waals surface area contributed by atoms with Gasteiger partial charge >= 0.3 is 0 Å². The van der Waals surface area contributed by atoms with Crippen LogP contribution in [-0.2, 0) is 16.1 Å². The summed E-state index contributed by atoms with van der Waals surface area (Å²) >= 11 is 0. The third-order valence-corrected chi connectivity index (χ3v) is 4.23. The fourth-order valence-electron chi connectivity index (χ4n) is 2.94. The summed E-state index contributed by atoms with van der Waals surface area (Å²) in [5, 5.41) is 16.0. The number of nitrogens with zero attached hydrogens (tertiary/aromatic N) is 4. The van der Waals surface area contributed by atoms with E-state index in [-0.39, 0.29) is 18.4 Å². The lowest BCUT2D eigenvalue weighted by Gasteiger charge is -2.33. The van der Waals surface area contributed by atoms with Gasteiger partial charge in [-0.15, -0.1) is 0 Å². The summed E-state index contributed by atoms with van der Waals surface area (Å²) in [6, 6.07) is 9.77. The number of fused-ring (bicyclic) bond motifs is 1. The number of hydrogen-bond acceptors (Lipinski definition) is 5. The molecule has 8 nitrogen and oxygen atoms in total. The van der Waals surface area contributed by atoms with Gasteiger partial charge in [-0.05, 0) is 24.3 Å². The second-order valence-corrected chi connectivity index (χ2v) is 5.95. The lowest BCUT2D eigenvalue weighted by Crippen LogP contribution is -2.47. The monoisotopic (exact) mass is 353 g/mol. The zero-order valence-electron chi connectivity index (χ0n) is 14.4. The number of nitrogens with one attached hydrogen (secondary N) is 1. The normalized spacial score (nSPS) is 15.8. The maximum absolute atomic E-state index is 12.9. The first-order valence-electron chi connectivity index (χ1n) is 8.22. The first-order chi connectivity index (χ1) is 12.6. The molecule has 1 aromatic heterocycles. The lowest BCUT2D eigenvalue weighted by atomic mass is 10.1. The van der Waals surface area contributed by atoms with Gasteiger partial charge in [-0.2, -0.15) is 10.4 Å². The van der Waals surface area contributed by atoms with E-state index in [1.54, 1.807) is 53.2 Å². The van der Waals surface area contributed by atoms with E-state index in [4.69, 9.17) is 10.00 Å². The number of rotatable bonds is 5. The van der Waals surface area contributed by atoms with Gasteiger partial charge in [0.25, 0.3) is 5.91 Å². The summed E-state index contributed by atoms with van der Waals surface area (Å²) in [5.41, 5.74) is 1.63. The van der Waals surface area contributed by atoms with Crippen LogP contribution in [0, 0.1) is 11.3 Å². The summed E-state index contributed by atoms with van der Waals surface area (Å²) in [7, 11) is 1.56. The minimum absolute atomic E-state index is 0.211. The third kappa shape index (κ3) is 3.58. The fourth-order valence-corrected chi connectivity index (χ4v) is 2.94. The third-order valence-electron chi connectivity index (χ3n) is 4.23. The van der Waals surface area contributed by atoms with Crippen LogP contribution in [-0.4, -0.2) is 53.3 Å². The van der Waals surface area contributed by atoms with E-state index in [9.17, 15) is 9.59 Å². The highest BCUT2D eigenvalue weighted by Gasteiger charge is 2.33. The van der Waals surface area contributed by atoms with Crippen LogP contribution in [0.3, 0.4) is 0 Å². The summed E-state index contributed by atoms with van der Waals surface area (Å²) in [5.74, 6) is -0.431. The van der Waals surface area contributed by atoms with Crippen molar-refractivity contribution in [2.24, 2.45) is 0 Å². The fraction of sp³-hybridized carbons (Fsp3) is 0.333. The molecule has 26 heavy (non-hydrogen) atoms. The minimum Gasteiger partial charge on any atom is -0.383 e. The Hall–Kier alpha value is -3.18. The van der Waals surface area contributed by atoms with Crippen LogP contribution in [0.2, 0.25) is 0 Å². The van der Waals surface area contributed by atoms with Crippen molar-refractivity contribution in [1.29, 1.82) is 5.26 Å². The molecule has 8 heteroatoms. The predicted octanol–water partition coefficient (Wildman–Crippen LogP) is 0.714. The maximum atomic E-state index is 12.9. The van der Waals surface area contributed by atoms with Crippen LogP contribution in [0.1, 0.15) is 27.7 Å². The molecule has 0 fully saturated rings. The van der Waals surface area contributed by atoms with Gasteiger partial charge in [0.2, 0.25) is 5.91 Å². The van der Waals surface area contributed by atoms with Crippen molar-refractivity contribution in [2.75, 3.05) is 26.8 Å². The van der Waals surface area contributed by atoms with E-state index in [0.29, 0.717) is 30.8 Å². The van der Waals surface area contributed by atoms with Crippen molar-refractivity contribution in [2.45, 2.75) is 12.6 Å². The molecular weight excluding hydrogens is 334 g/mol. The van der Waals surface area contributed by atoms with E-state index in [0.717, 1.165) is 5.69 Å². The Balaban J connectivity index is 1.81. The minimum atomic E-state index is -0.603. The van der Waals surface area contributed by atoms with E-state index in [1.807, 2.05) is 6.07 Å². The molecule has 3 rings (SSSR count). The molecule has 0 saturated carbocycles. The summed E-state index contributed by atoms with van der Waals surface area (Å²) in [6.45, 7) is 1.37. The van der Waals surface area contributed by atoms with Crippen molar-refractivity contribution >= 4 is 11.8 Å². The van der Waals surface area contributed by atoms with E-state index in [1.165, 1.54) is 0 Å². The first kappa shape index (κ1) is 17.6. The Morgan fingerprint density at radius 1 is 1.42 bits per heavy atom. The van der Waals surface area contributed by atoms with Crippen molar-refractivity contribution in [3.63, 3.8) is 0 Å². The number of aromatic nitrogens is 2. The summed E-state index contributed by atoms with van der Waals surface area (Å²) in [6.07, 6.45) is 1.62. The average molecular weight is 353 g/mol. The van der Waals surface area contributed by atoms with Crippen LogP contribution in [0.4, 0.5) is 0 Å². The van der Waals surface area contributed by atoms with E-state index in [2.05, 4.69) is 10.4 Å². The summed E-state index contributed by atoms with van der Waals surface area (Å²) in [4.78, 5) is 27.0. The maximum Gasteiger partial charge on any atom is 0.254 e. The van der Waals surface area contributed by atoms with Gasteiger partial charge in [-0.3, -0.25) is 14.3 Å². The van der Waals surface area contributed by atoms with Crippen LogP contribution in [0.25, 0.3) is 0 Å². The van der Waals surface area contributed by atoms with Gasteiger partial charge in [0.05, 0.1) is 37.0 Å². The van der Waals surface area contributed by atoms with Crippen molar-refractivity contribution in [3.8, 4) is 6.07 Å². The zero-order valence-corrected chi connectivity index (χ0v) is 14.4. The Morgan fingerprint density at radius 2 is 2.27 bits per heavy atom. The van der Waals surface area contributed by atoms with E-state index < -0.39 is 6.04 Å². The zero-order chi connectivity index (χ0) is 18.5. The molecule has 2 heterocycles. The van der Waals surface area contributed by atoms with Gasteiger partial charge in [0.15, 0.2) is 0 Å². The average Bonchev–Trinajstić information content (AvgIpc) is 3.15. The van der Waals surface area contributed by atoms with Crippen molar-refractivity contribution in [3.05, 3.63) is 53.3 Å². The Labute approximate surface area is 151 Å². The highest BCUT2D eigenvalue weighted by atomic mass is 16.5. The molecule has 2 amide bonds. The number of amides is 2. The molecule has 134 valence electrons. The second-order valence-electron chi connectivity index (χ2n) is 5.95. The number of methoxy groups -OCH3 is 1. The quantitative estimate of drug-likeness (QED) is 0.798. The SMILES string of the molecule is COCCNC(=O)C1CN(C(=O)c2cccc(C#N)c2)Cc2ccnn21. The Morgan fingerprint density at radius 3 is 3.04 bits per heavy atom. The van der Waals surface area contributed by atoms with Crippen molar-refractivity contribution in [1.82, 2.24) is 20.0 Å². The first-order valence-corrected chi connectivity index (χ1v) is 8.22. The topological polar surface area (TPSA) is 100 Å². The molecule has 0 bridgehead atoms. The molecule has 1 atom stereocenters. The largest absolute Gasteiger partial charge is 0.383 e. The molecule has 1 aliphatic rings. The molecule has 1 aliphatic heterocycles. The molecule has 0 aliphatic carbocycles. The van der Waals surface area contributed by atoms with Crippen molar-refractivity contribution < 1.29 is 14.3 Å². The molecule has 1 unspecified atom stereocenters. The highest BCUT2D eigenvalue weighted by Crippen LogP contribution is 2.22. The lowest BCUT2D eigenvalue weighted by molar-refractivity contribution is -0.125. The van der Waals surface area contributed by atoms with Gasteiger partial charge in [0, 0.05) is 25.4 Å². The smallest absolute Gasteiger partial charge is 0.254 e. The molecule has 2 aromatic rings. The number of ether oxygens (including phenoxy) is 1. The number of carbonyl (C=O) groups is 2. The molecular formula is C18H19N5O3. The van der Waals surface area contributed by atoms with Crippen LogP contribution < -0.4 is 5.32 Å². The molecule has 0 spiro atoms. The van der Waals surface area contributed by atoms with Crippen LogP contribution >= 0.6 is 0 Å². The molecule has 1 aromatic carbocycles. The van der Waals surface area contributed by atoms with Gasteiger partial charge in [0.1, 0.15) is 6.04 Å². The number of carbonyl (C=O) groups excluding carboxylic acids is 2. The number of hydrogen-bond donors (Lipinski definition) is 1. The highest BCUT2D eigenvalue weighted by molar-refractivity contribution is 5.95. The number of benzene rings is 1. The molecule has 1 N–H and O–H groups in total. The summed E-state index contributed by atoms with van der Waals surface area (Å²) < 4.78 is 6.60. The second kappa shape index (κ2) is 7.80. The predicted molar refractivity (Wildman–Crippen MR) is 92.0 cm³/mol. The molecule has 0 saturated heterocycles. The molecule has 0 radical (unpaired) electrons. The van der Waals surface area contributed by atoms with Gasteiger partial charge in [-0.1, -0.05) is 6.07 Å².